The summed E-state index contributed by atoms with van der Waals surface area (Å²) < 4.78 is 12.8. The normalized spacial score (nSPS) is 10.9. The van der Waals surface area contributed by atoms with Gasteiger partial charge in [-0.05, 0) is 50.1 Å². The van der Waals surface area contributed by atoms with Crippen molar-refractivity contribution >= 4 is 34.2 Å². The number of aromatic nitrogens is 3. The molecule has 4 rings (SSSR count). The van der Waals surface area contributed by atoms with E-state index in [4.69, 9.17) is 26.1 Å². The third-order valence-corrected chi connectivity index (χ3v) is 5.49. The van der Waals surface area contributed by atoms with Gasteiger partial charge in [-0.3, -0.25) is 4.79 Å². The number of hydrogen-bond acceptors (Lipinski definition) is 5. The molecule has 4 aromatic rings. The first-order valence-electron chi connectivity index (χ1n) is 10.6. The Balaban J connectivity index is 1.47. The van der Waals surface area contributed by atoms with Gasteiger partial charge in [0.05, 0.1) is 24.4 Å². The smallest absolute Gasteiger partial charge is 0.225 e. The largest absolute Gasteiger partial charge is 0.494 e. The topological polar surface area (TPSA) is 78.3 Å². The van der Waals surface area contributed by atoms with Gasteiger partial charge < -0.3 is 14.8 Å². The van der Waals surface area contributed by atoms with Crippen LogP contribution in [-0.4, -0.2) is 34.4 Å². The number of halogens is 1. The first-order chi connectivity index (χ1) is 16.0. The number of carbonyl (C=O) groups excluding carboxylic acids is 1. The Kier molecular flexibility index (Phi) is 6.79. The van der Waals surface area contributed by atoms with Gasteiger partial charge in [-0.1, -0.05) is 35.9 Å². The van der Waals surface area contributed by atoms with E-state index in [0.29, 0.717) is 47.6 Å². The Bertz CT molecular complexity index is 1300. The number of carbonyl (C=O) groups is 1. The highest BCUT2D eigenvalue weighted by Crippen LogP contribution is 2.28. The molecule has 2 aromatic heterocycles. The standard InChI is InChI=1S/C25H25ClN4O3/c1-16-14-22(28-25-18(16)8-6-11-21(25)32-3)30-23(15-17(2)29-30)27-24(31)12-7-13-33-20-10-5-4-9-19(20)26/h4-6,8-11,14-15H,7,12-13H2,1-3H3,(H,27,31). The number of para-hydroxylation sites is 2. The molecule has 7 nitrogen and oxygen atoms in total. The minimum Gasteiger partial charge on any atom is -0.494 e. The molecule has 33 heavy (non-hydrogen) atoms. The molecule has 170 valence electrons. The van der Waals surface area contributed by atoms with Gasteiger partial charge in [0.15, 0.2) is 5.82 Å². The molecule has 1 amide bonds. The lowest BCUT2D eigenvalue weighted by Gasteiger charge is -2.12. The molecule has 0 spiro atoms. The van der Waals surface area contributed by atoms with Crippen LogP contribution in [-0.2, 0) is 4.79 Å². The van der Waals surface area contributed by atoms with Gasteiger partial charge in [-0.25, -0.2) is 4.98 Å². The maximum Gasteiger partial charge on any atom is 0.225 e. The molecular weight excluding hydrogens is 440 g/mol. The highest BCUT2D eigenvalue weighted by Gasteiger charge is 2.15. The summed E-state index contributed by atoms with van der Waals surface area (Å²) in [5, 5.41) is 9.04. The molecule has 8 heteroatoms. The number of ether oxygens (including phenoxy) is 2. The van der Waals surface area contributed by atoms with E-state index in [1.165, 1.54) is 0 Å². The summed E-state index contributed by atoms with van der Waals surface area (Å²) in [5.41, 5.74) is 2.56. The average Bonchev–Trinajstić information content (AvgIpc) is 3.17. The van der Waals surface area contributed by atoms with Gasteiger partial charge in [0.2, 0.25) is 5.91 Å². The number of rotatable bonds is 8. The molecule has 0 aliphatic carbocycles. The van der Waals surface area contributed by atoms with Gasteiger partial charge in [0.25, 0.3) is 0 Å². The van der Waals surface area contributed by atoms with Crippen LogP contribution in [0.5, 0.6) is 11.5 Å². The van der Waals surface area contributed by atoms with Crippen LogP contribution in [0, 0.1) is 13.8 Å². The number of fused-ring (bicyclic) bond motifs is 1. The van der Waals surface area contributed by atoms with Crippen molar-refractivity contribution in [3.63, 3.8) is 0 Å². The molecule has 0 radical (unpaired) electrons. The van der Waals surface area contributed by atoms with Gasteiger partial charge in [-0.2, -0.15) is 9.78 Å². The van der Waals surface area contributed by atoms with Crippen molar-refractivity contribution in [3.8, 4) is 17.3 Å². The van der Waals surface area contributed by atoms with Crippen molar-refractivity contribution in [2.24, 2.45) is 0 Å². The molecule has 0 saturated carbocycles. The maximum atomic E-state index is 12.6. The fourth-order valence-electron chi connectivity index (χ4n) is 3.59. The molecule has 1 N–H and O–H groups in total. The Labute approximate surface area is 197 Å². The Morgan fingerprint density at radius 3 is 2.67 bits per heavy atom. The minimum absolute atomic E-state index is 0.131. The van der Waals surface area contributed by atoms with Crippen molar-refractivity contribution in [1.82, 2.24) is 14.8 Å². The average molecular weight is 465 g/mol. The molecule has 0 atom stereocenters. The van der Waals surface area contributed by atoms with Crippen molar-refractivity contribution in [3.05, 3.63) is 70.9 Å². The summed E-state index contributed by atoms with van der Waals surface area (Å²) in [5.74, 6) is 2.33. The molecule has 2 aromatic carbocycles. The van der Waals surface area contributed by atoms with E-state index in [0.717, 1.165) is 22.2 Å². The third-order valence-electron chi connectivity index (χ3n) is 5.17. The van der Waals surface area contributed by atoms with Crippen molar-refractivity contribution in [2.75, 3.05) is 19.0 Å². The second-order valence-corrected chi connectivity index (χ2v) is 8.07. The zero-order valence-electron chi connectivity index (χ0n) is 18.8. The molecule has 0 aliphatic heterocycles. The van der Waals surface area contributed by atoms with E-state index < -0.39 is 0 Å². The quantitative estimate of drug-likeness (QED) is 0.348. The molecule has 2 heterocycles. The fourth-order valence-corrected chi connectivity index (χ4v) is 3.78. The second-order valence-electron chi connectivity index (χ2n) is 7.67. The van der Waals surface area contributed by atoms with Crippen molar-refractivity contribution in [1.29, 1.82) is 0 Å². The van der Waals surface area contributed by atoms with E-state index in [1.54, 1.807) is 23.9 Å². The van der Waals surface area contributed by atoms with Gasteiger partial charge in [0, 0.05) is 17.9 Å². The van der Waals surface area contributed by atoms with Crippen LogP contribution in [0.2, 0.25) is 5.02 Å². The number of nitrogens with one attached hydrogen (secondary N) is 1. The van der Waals surface area contributed by atoms with Crippen LogP contribution in [0.1, 0.15) is 24.1 Å². The van der Waals surface area contributed by atoms with Crippen LogP contribution in [0.3, 0.4) is 0 Å². The fraction of sp³-hybridized carbons (Fsp3) is 0.240. The number of benzene rings is 2. The first-order valence-corrected chi connectivity index (χ1v) is 11.0. The first kappa shape index (κ1) is 22.6. The number of nitrogens with zero attached hydrogens (tertiary/aromatic N) is 3. The monoisotopic (exact) mass is 464 g/mol. The van der Waals surface area contributed by atoms with E-state index in [-0.39, 0.29) is 5.91 Å². The van der Waals surface area contributed by atoms with Crippen LogP contribution in [0.25, 0.3) is 16.7 Å². The Hall–Kier alpha value is -3.58. The Morgan fingerprint density at radius 2 is 1.88 bits per heavy atom. The lowest BCUT2D eigenvalue weighted by atomic mass is 10.1. The molecule has 0 saturated heterocycles. The number of hydrogen-bond donors (Lipinski definition) is 1. The number of anilines is 1. The predicted octanol–water partition coefficient (Wildman–Crippen LogP) is 5.50. The summed E-state index contributed by atoms with van der Waals surface area (Å²) in [6.45, 7) is 4.28. The zero-order valence-corrected chi connectivity index (χ0v) is 19.5. The number of amides is 1. The number of methoxy groups -OCH3 is 1. The summed E-state index contributed by atoms with van der Waals surface area (Å²) in [7, 11) is 1.62. The van der Waals surface area contributed by atoms with Crippen molar-refractivity contribution < 1.29 is 14.3 Å². The summed E-state index contributed by atoms with van der Waals surface area (Å²) >= 11 is 6.09. The predicted molar refractivity (Wildman–Crippen MR) is 130 cm³/mol. The van der Waals surface area contributed by atoms with Crippen LogP contribution >= 0.6 is 11.6 Å². The molecular formula is C25H25ClN4O3. The lowest BCUT2D eigenvalue weighted by molar-refractivity contribution is -0.116. The minimum atomic E-state index is -0.131. The SMILES string of the molecule is COc1cccc2c(C)cc(-n3nc(C)cc3NC(=O)CCCOc3ccccc3Cl)nc12. The van der Waals surface area contributed by atoms with Gasteiger partial charge in [0.1, 0.15) is 22.8 Å². The van der Waals surface area contributed by atoms with Crippen LogP contribution < -0.4 is 14.8 Å². The molecule has 0 unspecified atom stereocenters. The molecule has 0 fully saturated rings. The van der Waals surface area contributed by atoms with E-state index in [1.807, 2.05) is 56.3 Å². The number of aryl methyl sites for hydroxylation is 2. The van der Waals surface area contributed by atoms with Crippen LogP contribution in [0.4, 0.5) is 5.82 Å². The summed E-state index contributed by atoms with van der Waals surface area (Å²) in [6, 6.07) is 16.9. The van der Waals surface area contributed by atoms with Gasteiger partial charge >= 0.3 is 0 Å². The summed E-state index contributed by atoms with van der Waals surface area (Å²) in [4.78, 5) is 17.4. The number of pyridine rings is 1. The molecule has 0 bridgehead atoms. The molecule has 0 aliphatic rings. The van der Waals surface area contributed by atoms with Gasteiger partial charge in [-0.15, -0.1) is 0 Å². The highest BCUT2D eigenvalue weighted by molar-refractivity contribution is 6.32. The maximum absolute atomic E-state index is 12.6. The van der Waals surface area contributed by atoms with E-state index in [2.05, 4.69) is 10.4 Å². The third kappa shape index (κ3) is 5.09. The van der Waals surface area contributed by atoms with Crippen LogP contribution in [0.15, 0.2) is 54.6 Å². The second kappa shape index (κ2) is 9.92. The summed E-state index contributed by atoms with van der Waals surface area (Å²) in [6.07, 6.45) is 0.849. The van der Waals surface area contributed by atoms with Crippen molar-refractivity contribution in [2.45, 2.75) is 26.7 Å². The van der Waals surface area contributed by atoms with E-state index in [9.17, 15) is 4.79 Å². The highest BCUT2D eigenvalue weighted by atomic mass is 35.5. The van der Waals surface area contributed by atoms with E-state index >= 15 is 0 Å². The Morgan fingerprint density at radius 1 is 1.09 bits per heavy atom. The zero-order chi connectivity index (χ0) is 23.4. The lowest BCUT2D eigenvalue weighted by Crippen LogP contribution is -2.16.